The Kier molecular flexibility index (Phi) is 9.88. The van der Waals surface area contributed by atoms with Crippen molar-refractivity contribution in [3.05, 3.63) is 119 Å². The molecule has 0 saturated carbocycles. The molecule has 0 unspecified atom stereocenters. The number of anilines is 2. The zero-order valence-electron chi connectivity index (χ0n) is 25.8. The Hall–Kier alpha value is -5.35. The molecule has 2 N–H and O–H groups in total. The highest BCUT2D eigenvalue weighted by Crippen LogP contribution is 2.36. The maximum Gasteiger partial charge on any atom is 0.272 e. The maximum absolute atomic E-state index is 13.7. The molecule has 46 heavy (non-hydrogen) atoms. The third-order valence-corrected chi connectivity index (χ3v) is 8.67. The molecule has 10 heteroatoms. The first kappa shape index (κ1) is 32.1. The molecule has 1 heterocycles. The van der Waals surface area contributed by atoms with Crippen LogP contribution in [0.4, 0.5) is 11.4 Å². The molecule has 9 nitrogen and oxygen atoms in total. The number of carbonyl (C=O) groups is 4. The van der Waals surface area contributed by atoms with Crippen molar-refractivity contribution in [1.29, 1.82) is 0 Å². The van der Waals surface area contributed by atoms with Crippen LogP contribution in [-0.2, 0) is 14.4 Å². The summed E-state index contributed by atoms with van der Waals surface area (Å²) in [5, 5.41) is 4.96. The molecule has 1 saturated heterocycles. The zero-order valence-corrected chi connectivity index (χ0v) is 26.6. The summed E-state index contributed by atoms with van der Waals surface area (Å²) in [7, 11) is 3.00. The second-order valence-corrected chi connectivity index (χ2v) is 11.9. The normalized spacial score (nSPS) is 14.7. The van der Waals surface area contributed by atoms with Crippen molar-refractivity contribution in [3.8, 4) is 11.5 Å². The first-order chi connectivity index (χ1) is 22.2. The number of rotatable bonds is 10. The number of thioether (sulfide) groups is 1. The quantitative estimate of drug-likeness (QED) is 0.159. The Morgan fingerprint density at radius 3 is 2.35 bits per heavy atom. The summed E-state index contributed by atoms with van der Waals surface area (Å²) < 4.78 is 10.9. The second kappa shape index (κ2) is 14.2. The van der Waals surface area contributed by atoms with Gasteiger partial charge in [-0.15, -0.1) is 11.8 Å². The van der Waals surface area contributed by atoms with Crippen LogP contribution < -0.4 is 25.0 Å². The number of benzene rings is 4. The number of ether oxygens (including phenoxy) is 2. The van der Waals surface area contributed by atoms with Gasteiger partial charge in [-0.05, 0) is 79.6 Å². The van der Waals surface area contributed by atoms with Crippen molar-refractivity contribution < 1.29 is 28.7 Å². The molecule has 4 amide bonds. The van der Waals surface area contributed by atoms with E-state index in [2.05, 4.69) is 10.6 Å². The van der Waals surface area contributed by atoms with Gasteiger partial charge in [-0.3, -0.25) is 19.2 Å². The molecular formula is C36H33N3O6S. The van der Waals surface area contributed by atoms with Gasteiger partial charge in [-0.1, -0.05) is 42.5 Å². The van der Waals surface area contributed by atoms with E-state index in [4.69, 9.17) is 9.47 Å². The molecule has 234 valence electrons. The summed E-state index contributed by atoms with van der Waals surface area (Å²) >= 11 is 1.26. The second-order valence-electron chi connectivity index (χ2n) is 10.6. The van der Waals surface area contributed by atoms with Crippen LogP contribution in [0.5, 0.6) is 11.5 Å². The van der Waals surface area contributed by atoms with Crippen molar-refractivity contribution in [2.75, 3.05) is 24.4 Å². The Morgan fingerprint density at radius 2 is 1.63 bits per heavy atom. The van der Waals surface area contributed by atoms with Gasteiger partial charge in [0.25, 0.3) is 11.8 Å². The van der Waals surface area contributed by atoms with Crippen LogP contribution in [0, 0.1) is 13.8 Å². The topological polar surface area (TPSA) is 114 Å². The van der Waals surface area contributed by atoms with Crippen molar-refractivity contribution in [2.24, 2.45) is 0 Å². The number of amides is 4. The number of para-hydroxylation sites is 1. The van der Waals surface area contributed by atoms with E-state index in [9.17, 15) is 19.2 Å². The Balaban J connectivity index is 1.37. The molecule has 0 radical (unpaired) electrons. The molecule has 0 aromatic heterocycles. The van der Waals surface area contributed by atoms with Crippen LogP contribution in [0.2, 0.25) is 0 Å². The minimum Gasteiger partial charge on any atom is -0.493 e. The van der Waals surface area contributed by atoms with Crippen molar-refractivity contribution in [2.45, 2.75) is 30.4 Å². The highest BCUT2D eigenvalue weighted by Gasteiger charge is 2.40. The van der Waals surface area contributed by atoms with Gasteiger partial charge in [0.05, 0.1) is 25.2 Å². The molecule has 1 aliphatic heterocycles. The Morgan fingerprint density at radius 1 is 0.870 bits per heavy atom. The van der Waals surface area contributed by atoms with E-state index in [0.717, 1.165) is 11.1 Å². The van der Waals surface area contributed by atoms with E-state index in [0.29, 0.717) is 38.9 Å². The van der Waals surface area contributed by atoms with E-state index in [1.165, 1.54) is 37.0 Å². The molecule has 1 fully saturated rings. The standard InChI is InChI=1S/C36H33N3O6S/c1-22-16-17-27(18-23(22)2)39-32(40)21-31(36(39)43)46-28-14-9-13-26(20-28)37-35(42)29(38-34(41)24-10-6-5-7-11-24)19-25-12-8-15-30(44-3)33(25)45-4/h5-20,31H,21H2,1-4H3,(H,37,42)(H,38,41)/b29-19-/t31-/m1/s1. The summed E-state index contributed by atoms with van der Waals surface area (Å²) in [4.78, 5) is 54.9. The highest BCUT2D eigenvalue weighted by molar-refractivity contribution is 8.00. The van der Waals surface area contributed by atoms with Crippen LogP contribution in [-0.4, -0.2) is 43.1 Å². The first-order valence-corrected chi connectivity index (χ1v) is 15.4. The van der Waals surface area contributed by atoms with Crippen LogP contribution in [0.25, 0.3) is 6.08 Å². The van der Waals surface area contributed by atoms with Gasteiger partial charge in [0, 0.05) is 28.1 Å². The van der Waals surface area contributed by atoms with Gasteiger partial charge in [0.1, 0.15) is 5.70 Å². The molecule has 1 aliphatic rings. The van der Waals surface area contributed by atoms with Crippen LogP contribution in [0.15, 0.2) is 102 Å². The summed E-state index contributed by atoms with van der Waals surface area (Å²) in [5.74, 6) is -0.726. The number of imide groups is 1. The minimum absolute atomic E-state index is 0.0286. The predicted molar refractivity (Wildman–Crippen MR) is 179 cm³/mol. The van der Waals surface area contributed by atoms with Crippen LogP contribution in [0.1, 0.15) is 33.5 Å². The van der Waals surface area contributed by atoms with Crippen LogP contribution in [0.3, 0.4) is 0 Å². The smallest absolute Gasteiger partial charge is 0.272 e. The molecule has 1 atom stereocenters. The molecule has 5 rings (SSSR count). The fraction of sp³-hybridized carbons (Fsp3) is 0.167. The highest BCUT2D eigenvalue weighted by atomic mass is 32.2. The van der Waals surface area contributed by atoms with Crippen molar-refractivity contribution in [3.63, 3.8) is 0 Å². The number of carbonyl (C=O) groups excluding carboxylic acids is 4. The molecule has 0 spiro atoms. The van der Waals surface area contributed by atoms with Gasteiger partial charge >= 0.3 is 0 Å². The lowest BCUT2D eigenvalue weighted by molar-refractivity contribution is -0.121. The van der Waals surface area contributed by atoms with E-state index in [1.807, 2.05) is 32.0 Å². The van der Waals surface area contributed by atoms with Crippen molar-refractivity contribution in [1.82, 2.24) is 5.32 Å². The van der Waals surface area contributed by atoms with Gasteiger partial charge in [-0.25, -0.2) is 4.90 Å². The minimum atomic E-state index is -0.610. The molecular weight excluding hydrogens is 602 g/mol. The van der Waals surface area contributed by atoms with E-state index < -0.39 is 17.1 Å². The monoisotopic (exact) mass is 635 g/mol. The number of nitrogens with zero attached hydrogens (tertiary/aromatic N) is 1. The van der Waals surface area contributed by atoms with Gasteiger partial charge in [-0.2, -0.15) is 0 Å². The summed E-state index contributed by atoms with van der Waals surface area (Å²) in [6, 6.07) is 26.3. The zero-order chi connectivity index (χ0) is 32.8. The average molecular weight is 636 g/mol. The third kappa shape index (κ3) is 7.13. The summed E-state index contributed by atoms with van der Waals surface area (Å²) in [5.41, 5.74) is 3.94. The van der Waals surface area contributed by atoms with Crippen molar-refractivity contribution >= 4 is 52.8 Å². The lowest BCUT2D eigenvalue weighted by Crippen LogP contribution is -2.31. The number of aryl methyl sites for hydroxylation is 2. The fourth-order valence-electron chi connectivity index (χ4n) is 4.97. The molecule has 4 aromatic carbocycles. The first-order valence-electron chi connectivity index (χ1n) is 14.5. The number of nitrogens with one attached hydrogen (secondary N) is 2. The van der Waals surface area contributed by atoms with Gasteiger partial charge in [0.15, 0.2) is 11.5 Å². The predicted octanol–water partition coefficient (Wildman–Crippen LogP) is 6.15. The lowest BCUT2D eigenvalue weighted by Gasteiger charge is -2.16. The summed E-state index contributed by atoms with van der Waals surface area (Å²) in [6.45, 7) is 3.92. The van der Waals surface area contributed by atoms with E-state index in [1.54, 1.807) is 72.8 Å². The van der Waals surface area contributed by atoms with Crippen LogP contribution >= 0.6 is 11.8 Å². The lowest BCUT2D eigenvalue weighted by atomic mass is 10.1. The summed E-state index contributed by atoms with van der Waals surface area (Å²) in [6.07, 6.45) is 1.58. The number of hydrogen-bond donors (Lipinski definition) is 2. The van der Waals surface area contributed by atoms with Gasteiger partial charge < -0.3 is 20.1 Å². The van der Waals surface area contributed by atoms with E-state index in [-0.39, 0.29) is 23.9 Å². The maximum atomic E-state index is 13.7. The number of hydrogen-bond acceptors (Lipinski definition) is 7. The molecule has 0 bridgehead atoms. The largest absolute Gasteiger partial charge is 0.493 e. The van der Waals surface area contributed by atoms with E-state index >= 15 is 0 Å². The van der Waals surface area contributed by atoms with Gasteiger partial charge in [0.2, 0.25) is 11.8 Å². The molecule has 4 aromatic rings. The Labute approximate surface area is 271 Å². The molecule has 0 aliphatic carbocycles. The average Bonchev–Trinajstić information content (AvgIpc) is 3.33. The number of methoxy groups -OCH3 is 2. The third-order valence-electron chi connectivity index (χ3n) is 7.49. The Bertz CT molecular complexity index is 1840. The fourth-order valence-corrected chi connectivity index (χ4v) is 6.08. The SMILES string of the molecule is COc1cccc(/C=C(\NC(=O)c2ccccc2)C(=O)Nc2cccc(S[C@@H]3CC(=O)N(c4ccc(C)c(C)c4)C3=O)c2)c1OC.